The summed E-state index contributed by atoms with van der Waals surface area (Å²) in [6.07, 6.45) is 2.31. The van der Waals surface area contributed by atoms with Crippen LogP contribution in [-0.2, 0) is 0 Å². The molecule has 0 aliphatic carbocycles. The lowest BCUT2D eigenvalue weighted by Gasteiger charge is -1.98. The normalized spacial score (nSPS) is 9.93. The lowest BCUT2D eigenvalue weighted by atomic mass is 10.2. The molecule has 0 unspecified atom stereocenters. The Balaban J connectivity index is 2.32. The van der Waals surface area contributed by atoms with E-state index in [-0.39, 0.29) is 0 Å². The molecule has 0 radical (unpaired) electrons. The molecule has 1 aromatic heterocycles. The number of hydrogen-bond donors (Lipinski definition) is 0. The first-order valence-corrected chi connectivity index (χ1v) is 4.35. The van der Waals surface area contributed by atoms with Gasteiger partial charge in [0.2, 0.25) is 0 Å². The Bertz CT molecular complexity index is 462. The number of methoxy groups -OCH3 is 1. The first-order valence-electron chi connectivity index (χ1n) is 4.35. The van der Waals surface area contributed by atoms with Crippen molar-refractivity contribution in [3.8, 4) is 11.6 Å². The van der Waals surface area contributed by atoms with Crippen molar-refractivity contribution in [2.45, 2.75) is 0 Å². The summed E-state index contributed by atoms with van der Waals surface area (Å²) in [5.74, 6) is 0.453. The van der Waals surface area contributed by atoms with Gasteiger partial charge < -0.3 is 4.74 Å². The van der Waals surface area contributed by atoms with Crippen molar-refractivity contribution in [3.05, 3.63) is 36.0 Å². The minimum Gasteiger partial charge on any atom is -0.479 e. The summed E-state index contributed by atoms with van der Waals surface area (Å²) >= 11 is 0. The summed E-state index contributed by atoms with van der Waals surface area (Å²) in [6.45, 7) is 0. The molecule has 1 aromatic carbocycles. The topological polar surface area (TPSA) is 57.0 Å². The van der Waals surface area contributed by atoms with Crippen LogP contribution in [0.25, 0.3) is 5.69 Å². The van der Waals surface area contributed by atoms with Gasteiger partial charge in [0.15, 0.2) is 0 Å². The van der Waals surface area contributed by atoms with Gasteiger partial charge in [0, 0.05) is 5.56 Å². The first-order chi connectivity index (χ1) is 7.33. The van der Waals surface area contributed by atoms with Crippen LogP contribution in [0.3, 0.4) is 0 Å². The van der Waals surface area contributed by atoms with E-state index < -0.39 is 0 Å². The molecule has 0 saturated heterocycles. The van der Waals surface area contributed by atoms with E-state index in [1.54, 1.807) is 24.3 Å². The van der Waals surface area contributed by atoms with Gasteiger partial charge in [-0.15, -0.1) is 9.90 Å². The minimum absolute atomic E-state index is 0.453. The fourth-order valence-electron chi connectivity index (χ4n) is 1.15. The van der Waals surface area contributed by atoms with Crippen LogP contribution in [0.15, 0.2) is 30.5 Å². The van der Waals surface area contributed by atoms with E-state index in [1.807, 2.05) is 0 Å². The zero-order valence-electron chi connectivity index (χ0n) is 8.12. The first kappa shape index (κ1) is 9.39. The van der Waals surface area contributed by atoms with Gasteiger partial charge in [-0.3, -0.25) is 4.79 Å². The van der Waals surface area contributed by atoms with E-state index in [2.05, 4.69) is 10.2 Å². The molecule has 1 heterocycles. The van der Waals surface area contributed by atoms with Crippen LogP contribution >= 0.6 is 0 Å². The summed E-state index contributed by atoms with van der Waals surface area (Å²) in [5.41, 5.74) is 1.40. The van der Waals surface area contributed by atoms with E-state index in [0.717, 1.165) is 12.0 Å². The number of aromatic nitrogens is 3. The number of carbonyl (C=O) groups is 1. The lowest BCUT2D eigenvalue weighted by Crippen LogP contribution is -1.98. The highest BCUT2D eigenvalue weighted by Crippen LogP contribution is 2.09. The Labute approximate surface area is 86.3 Å². The van der Waals surface area contributed by atoms with E-state index in [1.165, 1.54) is 18.1 Å². The predicted octanol–water partition coefficient (Wildman–Crippen LogP) is 1.09. The van der Waals surface area contributed by atoms with Gasteiger partial charge in [-0.1, -0.05) is 0 Å². The molecule has 0 aliphatic rings. The largest absolute Gasteiger partial charge is 0.479 e. The van der Waals surface area contributed by atoms with Crippen molar-refractivity contribution in [2.75, 3.05) is 7.11 Å². The molecule has 2 aromatic rings. The van der Waals surface area contributed by atoms with E-state index in [0.29, 0.717) is 11.4 Å². The molecule has 5 nitrogen and oxygen atoms in total. The van der Waals surface area contributed by atoms with Crippen LogP contribution in [0.5, 0.6) is 5.88 Å². The molecular weight excluding hydrogens is 194 g/mol. The quantitative estimate of drug-likeness (QED) is 0.700. The van der Waals surface area contributed by atoms with E-state index in [4.69, 9.17) is 4.74 Å². The van der Waals surface area contributed by atoms with E-state index in [9.17, 15) is 4.79 Å². The van der Waals surface area contributed by atoms with Gasteiger partial charge in [-0.05, 0) is 24.3 Å². The summed E-state index contributed by atoms with van der Waals surface area (Å²) < 4.78 is 4.91. The molecule has 0 amide bonds. The third-order valence-corrected chi connectivity index (χ3v) is 1.94. The van der Waals surface area contributed by atoms with Crippen molar-refractivity contribution in [3.63, 3.8) is 0 Å². The van der Waals surface area contributed by atoms with Crippen LogP contribution in [0.2, 0.25) is 0 Å². The number of nitrogens with zero attached hydrogens (tertiary/aromatic N) is 3. The van der Waals surface area contributed by atoms with Gasteiger partial charge in [-0.25, -0.2) is 0 Å². The highest BCUT2D eigenvalue weighted by atomic mass is 16.5. The molecule has 2 rings (SSSR count). The highest BCUT2D eigenvalue weighted by molar-refractivity contribution is 5.75. The van der Waals surface area contributed by atoms with Gasteiger partial charge >= 0.3 is 0 Å². The molecule has 0 saturated carbocycles. The molecule has 0 bridgehead atoms. The van der Waals surface area contributed by atoms with Gasteiger partial charge in [0.25, 0.3) is 5.88 Å². The number of ether oxygens (including phenoxy) is 1. The molecule has 5 heteroatoms. The standard InChI is InChI=1S/C10H9N3O2/c1-15-10-6-11-13(12-10)9-4-2-8(7-14)3-5-9/h2-7H,1H3. The lowest BCUT2D eigenvalue weighted by molar-refractivity contribution is 0.112. The van der Waals surface area contributed by atoms with Gasteiger partial charge in [-0.2, -0.15) is 5.10 Å². The number of aldehydes is 1. The Morgan fingerprint density at radius 3 is 2.60 bits per heavy atom. The maximum absolute atomic E-state index is 10.4. The average Bonchev–Trinajstić information content (AvgIpc) is 2.78. The number of rotatable bonds is 3. The second kappa shape index (κ2) is 3.91. The van der Waals surface area contributed by atoms with Crippen molar-refractivity contribution in [2.24, 2.45) is 0 Å². The Hall–Kier alpha value is -2.17. The maximum atomic E-state index is 10.4. The van der Waals surface area contributed by atoms with Crippen molar-refractivity contribution in [1.29, 1.82) is 0 Å². The number of carbonyl (C=O) groups excluding carboxylic acids is 1. The minimum atomic E-state index is 0.453. The molecule has 76 valence electrons. The third kappa shape index (κ3) is 1.85. The van der Waals surface area contributed by atoms with Gasteiger partial charge in [0.1, 0.15) is 12.5 Å². The third-order valence-electron chi connectivity index (χ3n) is 1.94. The Morgan fingerprint density at radius 1 is 1.33 bits per heavy atom. The Morgan fingerprint density at radius 2 is 2.07 bits per heavy atom. The zero-order valence-corrected chi connectivity index (χ0v) is 8.12. The number of hydrogen-bond acceptors (Lipinski definition) is 4. The smallest absolute Gasteiger partial charge is 0.253 e. The summed E-state index contributed by atoms with van der Waals surface area (Å²) in [7, 11) is 1.53. The second-order valence-electron chi connectivity index (χ2n) is 2.89. The molecule has 0 aliphatic heterocycles. The maximum Gasteiger partial charge on any atom is 0.253 e. The second-order valence-corrected chi connectivity index (χ2v) is 2.89. The molecule has 0 N–H and O–H groups in total. The Kier molecular flexibility index (Phi) is 2.45. The highest BCUT2D eigenvalue weighted by Gasteiger charge is 2.01. The van der Waals surface area contributed by atoms with Gasteiger partial charge in [0.05, 0.1) is 12.8 Å². The molecular formula is C10H9N3O2. The van der Waals surface area contributed by atoms with Crippen molar-refractivity contribution >= 4 is 6.29 Å². The molecule has 0 spiro atoms. The molecule has 0 fully saturated rings. The van der Waals surface area contributed by atoms with Crippen LogP contribution in [0.1, 0.15) is 10.4 Å². The van der Waals surface area contributed by atoms with Crippen LogP contribution in [-0.4, -0.2) is 28.4 Å². The summed E-state index contributed by atoms with van der Waals surface area (Å²) in [5, 5.41) is 8.05. The van der Waals surface area contributed by atoms with Crippen molar-refractivity contribution in [1.82, 2.24) is 15.0 Å². The van der Waals surface area contributed by atoms with Crippen LogP contribution in [0, 0.1) is 0 Å². The fraction of sp³-hybridized carbons (Fsp3) is 0.100. The summed E-state index contributed by atoms with van der Waals surface area (Å²) in [4.78, 5) is 11.9. The molecule has 0 atom stereocenters. The SMILES string of the molecule is COc1cnn(-c2ccc(C=O)cc2)n1. The van der Waals surface area contributed by atoms with Crippen LogP contribution in [0.4, 0.5) is 0 Å². The van der Waals surface area contributed by atoms with Crippen molar-refractivity contribution < 1.29 is 9.53 Å². The summed E-state index contributed by atoms with van der Waals surface area (Å²) in [6, 6.07) is 6.95. The predicted molar refractivity (Wildman–Crippen MR) is 53.3 cm³/mol. The zero-order chi connectivity index (χ0) is 10.7. The van der Waals surface area contributed by atoms with E-state index >= 15 is 0 Å². The average molecular weight is 203 g/mol. The fourth-order valence-corrected chi connectivity index (χ4v) is 1.15. The number of benzene rings is 1. The van der Waals surface area contributed by atoms with Crippen LogP contribution < -0.4 is 4.74 Å². The molecule has 15 heavy (non-hydrogen) atoms. The monoisotopic (exact) mass is 203 g/mol.